The molecule has 0 fully saturated rings. The summed E-state index contributed by atoms with van der Waals surface area (Å²) in [5.41, 5.74) is 0. The van der Waals surface area contributed by atoms with Crippen LogP contribution < -0.4 is 4.74 Å². The molecule has 0 aliphatic rings. The number of unbranched alkanes of at least 4 members (excludes halogenated alkanes) is 1. The van der Waals surface area contributed by atoms with Gasteiger partial charge in [-0.25, -0.2) is 0 Å². The summed E-state index contributed by atoms with van der Waals surface area (Å²) in [7, 11) is 0. The van der Waals surface area contributed by atoms with Crippen LogP contribution >= 0.6 is 11.6 Å². The molecule has 0 saturated heterocycles. The van der Waals surface area contributed by atoms with Crippen LogP contribution in [0.4, 0.5) is 0 Å². The third kappa shape index (κ3) is 2.46. The van der Waals surface area contributed by atoms with Crippen LogP contribution in [0.15, 0.2) is 16.7 Å². The lowest BCUT2D eigenvalue weighted by molar-refractivity contribution is 0.306. The first-order chi connectivity index (χ1) is 5.34. The molecule has 11 heavy (non-hydrogen) atoms. The summed E-state index contributed by atoms with van der Waals surface area (Å²) in [5, 5.41) is 0.334. The SMILES string of the molecule is CCCCOc1ccoc1Cl. The summed E-state index contributed by atoms with van der Waals surface area (Å²) in [6.45, 7) is 2.82. The Bertz CT molecular complexity index is 208. The van der Waals surface area contributed by atoms with Crippen molar-refractivity contribution in [2.45, 2.75) is 19.8 Å². The second-order valence-corrected chi connectivity index (χ2v) is 2.60. The highest BCUT2D eigenvalue weighted by Crippen LogP contribution is 2.24. The Morgan fingerprint density at radius 3 is 3.00 bits per heavy atom. The van der Waals surface area contributed by atoms with Crippen LogP contribution in [0.2, 0.25) is 5.22 Å². The smallest absolute Gasteiger partial charge is 0.235 e. The molecule has 0 radical (unpaired) electrons. The molecule has 1 aromatic rings. The molecule has 0 aromatic carbocycles. The molecule has 0 spiro atoms. The summed E-state index contributed by atoms with van der Waals surface area (Å²) in [6.07, 6.45) is 3.68. The van der Waals surface area contributed by atoms with Gasteiger partial charge in [-0.1, -0.05) is 13.3 Å². The van der Waals surface area contributed by atoms with Gasteiger partial charge >= 0.3 is 0 Å². The first-order valence-electron chi connectivity index (χ1n) is 3.70. The van der Waals surface area contributed by atoms with Gasteiger partial charge in [0, 0.05) is 6.07 Å². The molecule has 1 aromatic heterocycles. The predicted molar refractivity (Wildman–Crippen MR) is 44.1 cm³/mol. The van der Waals surface area contributed by atoms with Gasteiger partial charge in [0.1, 0.15) is 0 Å². The van der Waals surface area contributed by atoms with Crippen molar-refractivity contribution in [2.75, 3.05) is 6.61 Å². The van der Waals surface area contributed by atoms with Crippen LogP contribution in [-0.2, 0) is 0 Å². The van der Waals surface area contributed by atoms with Crippen molar-refractivity contribution in [2.24, 2.45) is 0 Å². The molecular weight excluding hydrogens is 164 g/mol. The minimum Gasteiger partial charge on any atom is -0.489 e. The Morgan fingerprint density at radius 2 is 2.45 bits per heavy atom. The quantitative estimate of drug-likeness (QED) is 0.655. The van der Waals surface area contributed by atoms with Crippen molar-refractivity contribution in [3.05, 3.63) is 17.5 Å². The molecule has 0 amide bonds. The zero-order chi connectivity index (χ0) is 8.10. The van der Waals surface area contributed by atoms with E-state index in [1.807, 2.05) is 0 Å². The number of ether oxygens (including phenoxy) is 1. The van der Waals surface area contributed by atoms with Gasteiger partial charge in [0.25, 0.3) is 0 Å². The first kappa shape index (κ1) is 8.47. The molecule has 0 N–H and O–H groups in total. The summed E-state index contributed by atoms with van der Waals surface area (Å²) in [5.74, 6) is 0.639. The van der Waals surface area contributed by atoms with Crippen LogP contribution in [0, 0.1) is 0 Å². The fraction of sp³-hybridized carbons (Fsp3) is 0.500. The minimum absolute atomic E-state index is 0.334. The maximum Gasteiger partial charge on any atom is 0.235 e. The topological polar surface area (TPSA) is 22.4 Å². The van der Waals surface area contributed by atoms with Gasteiger partial charge in [-0.2, -0.15) is 0 Å². The van der Waals surface area contributed by atoms with E-state index in [-0.39, 0.29) is 0 Å². The lowest BCUT2D eigenvalue weighted by atomic mass is 10.4. The maximum absolute atomic E-state index is 5.63. The first-order valence-corrected chi connectivity index (χ1v) is 4.08. The summed E-state index contributed by atoms with van der Waals surface area (Å²) < 4.78 is 10.1. The third-order valence-corrected chi connectivity index (χ3v) is 1.62. The molecule has 0 atom stereocenters. The summed E-state index contributed by atoms with van der Waals surface area (Å²) in [4.78, 5) is 0. The Hall–Kier alpha value is -0.630. The predicted octanol–water partition coefficient (Wildman–Crippen LogP) is 3.11. The van der Waals surface area contributed by atoms with Gasteiger partial charge in [0.2, 0.25) is 5.22 Å². The number of hydrogen-bond acceptors (Lipinski definition) is 2. The lowest BCUT2D eigenvalue weighted by Crippen LogP contribution is -1.94. The highest BCUT2D eigenvalue weighted by Gasteiger charge is 2.02. The summed E-state index contributed by atoms with van der Waals surface area (Å²) in [6, 6.07) is 1.72. The van der Waals surface area contributed by atoms with E-state index in [9.17, 15) is 0 Å². The van der Waals surface area contributed by atoms with Gasteiger partial charge in [-0.05, 0) is 18.0 Å². The monoisotopic (exact) mass is 174 g/mol. The molecular formula is C8H11ClO2. The van der Waals surface area contributed by atoms with Crippen LogP contribution in [0.25, 0.3) is 0 Å². The number of hydrogen-bond donors (Lipinski definition) is 0. The number of halogens is 1. The molecule has 0 aliphatic heterocycles. The van der Waals surface area contributed by atoms with Crippen molar-refractivity contribution < 1.29 is 9.15 Å². The van der Waals surface area contributed by atoms with E-state index in [0.717, 1.165) is 12.8 Å². The molecule has 0 aliphatic carbocycles. The standard InChI is InChI=1S/C8H11ClO2/c1-2-3-5-10-7-4-6-11-8(7)9/h4,6H,2-3,5H2,1H3. The molecule has 0 bridgehead atoms. The Morgan fingerprint density at radius 1 is 1.64 bits per heavy atom. The molecule has 1 rings (SSSR count). The van der Waals surface area contributed by atoms with Crippen LogP contribution in [0.1, 0.15) is 19.8 Å². The van der Waals surface area contributed by atoms with E-state index in [1.165, 1.54) is 6.26 Å². The zero-order valence-corrected chi connectivity index (χ0v) is 7.23. The van der Waals surface area contributed by atoms with E-state index in [0.29, 0.717) is 17.6 Å². The Kier molecular flexibility index (Phi) is 3.30. The van der Waals surface area contributed by atoms with Crippen molar-refractivity contribution in [1.82, 2.24) is 0 Å². The largest absolute Gasteiger partial charge is 0.489 e. The molecule has 0 unspecified atom stereocenters. The molecule has 62 valence electrons. The normalized spacial score (nSPS) is 10.0. The van der Waals surface area contributed by atoms with E-state index in [4.69, 9.17) is 20.8 Å². The highest BCUT2D eigenvalue weighted by atomic mass is 35.5. The highest BCUT2D eigenvalue weighted by molar-refractivity contribution is 6.30. The van der Waals surface area contributed by atoms with E-state index >= 15 is 0 Å². The van der Waals surface area contributed by atoms with Gasteiger partial charge < -0.3 is 9.15 Å². The third-order valence-electron chi connectivity index (χ3n) is 1.34. The van der Waals surface area contributed by atoms with Crippen molar-refractivity contribution >= 4 is 11.6 Å². The molecule has 1 heterocycles. The van der Waals surface area contributed by atoms with Crippen molar-refractivity contribution in [3.63, 3.8) is 0 Å². The van der Waals surface area contributed by atoms with Gasteiger partial charge in [0.15, 0.2) is 5.75 Å². The van der Waals surface area contributed by atoms with Gasteiger partial charge in [0.05, 0.1) is 12.9 Å². The lowest BCUT2D eigenvalue weighted by Gasteiger charge is -2.00. The van der Waals surface area contributed by atoms with E-state index in [1.54, 1.807) is 6.07 Å². The minimum atomic E-state index is 0.334. The van der Waals surface area contributed by atoms with Crippen LogP contribution in [0.5, 0.6) is 5.75 Å². The maximum atomic E-state index is 5.63. The van der Waals surface area contributed by atoms with E-state index in [2.05, 4.69) is 6.92 Å². The fourth-order valence-electron chi connectivity index (χ4n) is 0.710. The van der Waals surface area contributed by atoms with Crippen molar-refractivity contribution in [1.29, 1.82) is 0 Å². The van der Waals surface area contributed by atoms with Crippen LogP contribution in [-0.4, -0.2) is 6.61 Å². The average Bonchev–Trinajstić information content (AvgIpc) is 2.37. The molecule has 0 saturated carbocycles. The number of furan rings is 1. The van der Waals surface area contributed by atoms with Gasteiger partial charge in [-0.3, -0.25) is 0 Å². The van der Waals surface area contributed by atoms with Crippen molar-refractivity contribution in [3.8, 4) is 5.75 Å². The average molecular weight is 175 g/mol. The number of rotatable bonds is 4. The molecule has 3 heteroatoms. The summed E-state index contributed by atoms with van der Waals surface area (Å²) >= 11 is 5.63. The fourth-order valence-corrected chi connectivity index (χ4v) is 0.879. The Balaban J connectivity index is 2.32. The second kappa shape index (κ2) is 4.29. The van der Waals surface area contributed by atoms with Crippen LogP contribution in [0.3, 0.4) is 0 Å². The van der Waals surface area contributed by atoms with E-state index < -0.39 is 0 Å². The Labute approximate surface area is 71.1 Å². The second-order valence-electron chi connectivity index (χ2n) is 2.26. The zero-order valence-electron chi connectivity index (χ0n) is 6.47. The molecule has 2 nitrogen and oxygen atoms in total. The van der Waals surface area contributed by atoms with Gasteiger partial charge in [-0.15, -0.1) is 0 Å².